The summed E-state index contributed by atoms with van der Waals surface area (Å²) in [6, 6.07) is 5.24. The van der Waals surface area contributed by atoms with Crippen LogP contribution < -0.4 is 10.1 Å². The van der Waals surface area contributed by atoms with Gasteiger partial charge in [-0.1, -0.05) is 11.6 Å². The molecule has 0 aliphatic heterocycles. The van der Waals surface area contributed by atoms with Crippen molar-refractivity contribution in [2.75, 3.05) is 7.11 Å². The van der Waals surface area contributed by atoms with Crippen molar-refractivity contribution in [3.63, 3.8) is 0 Å². The molecule has 0 spiro atoms. The standard InChI is InChI=1S/C14H17NO4/c1-9-4-5-11(19-2)10(8-9)12(16)15-14(13(17)18)6-3-7-14/h4-5,8H,3,6-7H2,1-2H3,(H,15,16)(H,17,18). The fraction of sp³-hybridized carbons (Fsp3) is 0.429. The van der Waals surface area contributed by atoms with Crippen LogP contribution >= 0.6 is 0 Å². The SMILES string of the molecule is COc1ccc(C)cc1C(=O)NC1(C(=O)O)CCC1. The Morgan fingerprint density at radius 2 is 2.05 bits per heavy atom. The molecule has 0 heterocycles. The van der Waals surface area contributed by atoms with Crippen molar-refractivity contribution < 1.29 is 19.4 Å². The number of carbonyl (C=O) groups excluding carboxylic acids is 1. The van der Waals surface area contributed by atoms with Crippen molar-refractivity contribution >= 4 is 11.9 Å². The minimum absolute atomic E-state index is 0.370. The number of rotatable bonds is 4. The van der Waals surface area contributed by atoms with Gasteiger partial charge in [-0.2, -0.15) is 0 Å². The van der Waals surface area contributed by atoms with Crippen molar-refractivity contribution in [1.82, 2.24) is 5.32 Å². The Morgan fingerprint density at radius 1 is 1.37 bits per heavy atom. The van der Waals surface area contributed by atoms with Crippen LogP contribution in [0.15, 0.2) is 18.2 Å². The molecule has 1 fully saturated rings. The van der Waals surface area contributed by atoms with Crippen molar-refractivity contribution in [3.05, 3.63) is 29.3 Å². The lowest BCUT2D eigenvalue weighted by molar-refractivity contribution is -0.148. The van der Waals surface area contributed by atoms with Gasteiger partial charge in [0.15, 0.2) is 0 Å². The first-order valence-corrected chi connectivity index (χ1v) is 6.19. The molecule has 5 nitrogen and oxygen atoms in total. The van der Waals surface area contributed by atoms with E-state index in [1.54, 1.807) is 12.1 Å². The minimum atomic E-state index is -1.11. The van der Waals surface area contributed by atoms with E-state index < -0.39 is 17.4 Å². The number of aryl methyl sites for hydroxylation is 1. The highest BCUT2D eigenvalue weighted by molar-refractivity contribution is 6.00. The molecule has 1 aliphatic carbocycles. The van der Waals surface area contributed by atoms with E-state index in [9.17, 15) is 14.7 Å². The average molecular weight is 263 g/mol. The summed E-state index contributed by atoms with van der Waals surface area (Å²) in [5.74, 6) is -0.927. The van der Waals surface area contributed by atoms with Crippen molar-refractivity contribution in [3.8, 4) is 5.75 Å². The first kappa shape index (κ1) is 13.4. The van der Waals surface area contributed by atoms with Gasteiger partial charge in [0.05, 0.1) is 12.7 Å². The number of nitrogens with one attached hydrogen (secondary N) is 1. The fourth-order valence-electron chi connectivity index (χ4n) is 2.21. The third-order valence-electron chi connectivity index (χ3n) is 3.57. The van der Waals surface area contributed by atoms with Crippen LogP contribution in [0.4, 0.5) is 0 Å². The quantitative estimate of drug-likeness (QED) is 0.867. The summed E-state index contributed by atoms with van der Waals surface area (Å²) in [7, 11) is 1.48. The molecule has 1 aromatic carbocycles. The molecule has 19 heavy (non-hydrogen) atoms. The van der Waals surface area contributed by atoms with Crippen LogP contribution in [-0.4, -0.2) is 29.6 Å². The molecular weight excluding hydrogens is 246 g/mol. The van der Waals surface area contributed by atoms with Crippen LogP contribution in [0.3, 0.4) is 0 Å². The van der Waals surface area contributed by atoms with Gasteiger partial charge in [0, 0.05) is 0 Å². The molecule has 0 bridgehead atoms. The topological polar surface area (TPSA) is 75.6 Å². The lowest BCUT2D eigenvalue weighted by Crippen LogP contribution is -2.59. The third-order valence-corrected chi connectivity index (χ3v) is 3.57. The lowest BCUT2D eigenvalue weighted by atomic mass is 9.76. The van der Waals surface area contributed by atoms with Gasteiger partial charge in [0.1, 0.15) is 11.3 Å². The van der Waals surface area contributed by atoms with Crippen LogP contribution in [0.25, 0.3) is 0 Å². The zero-order chi connectivity index (χ0) is 14.0. The van der Waals surface area contributed by atoms with E-state index in [1.807, 2.05) is 13.0 Å². The van der Waals surface area contributed by atoms with Gasteiger partial charge in [-0.15, -0.1) is 0 Å². The number of aliphatic carboxylic acids is 1. The van der Waals surface area contributed by atoms with E-state index in [4.69, 9.17) is 4.74 Å². The summed E-state index contributed by atoms with van der Waals surface area (Å²) in [4.78, 5) is 23.5. The molecule has 0 saturated heterocycles. The Hall–Kier alpha value is -2.04. The second-order valence-corrected chi connectivity index (χ2v) is 4.90. The van der Waals surface area contributed by atoms with E-state index in [1.165, 1.54) is 7.11 Å². The molecule has 1 aliphatic rings. The first-order valence-electron chi connectivity index (χ1n) is 6.19. The van der Waals surface area contributed by atoms with Crippen LogP contribution in [0.2, 0.25) is 0 Å². The Morgan fingerprint density at radius 3 is 2.53 bits per heavy atom. The number of carboxylic acids is 1. The fourth-order valence-corrected chi connectivity index (χ4v) is 2.21. The first-order chi connectivity index (χ1) is 8.98. The summed E-state index contributed by atoms with van der Waals surface area (Å²) >= 11 is 0. The van der Waals surface area contributed by atoms with E-state index >= 15 is 0 Å². The van der Waals surface area contributed by atoms with Gasteiger partial charge in [-0.25, -0.2) is 4.79 Å². The Bertz CT molecular complexity index is 520. The molecule has 1 amide bonds. The van der Waals surface area contributed by atoms with E-state index in [-0.39, 0.29) is 0 Å². The van der Waals surface area contributed by atoms with E-state index in [0.717, 1.165) is 12.0 Å². The summed E-state index contributed by atoms with van der Waals surface area (Å²) in [5, 5.41) is 11.8. The molecule has 0 atom stereocenters. The van der Waals surface area contributed by atoms with Gasteiger partial charge >= 0.3 is 5.97 Å². The summed E-state index contributed by atoms with van der Waals surface area (Å²) in [5.41, 5.74) is 0.185. The second kappa shape index (κ2) is 4.91. The monoisotopic (exact) mass is 263 g/mol. The number of methoxy groups -OCH3 is 1. The molecule has 0 radical (unpaired) electrons. The highest BCUT2D eigenvalue weighted by atomic mass is 16.5. The summed E-state index contributed by atoms with van der Waals surface area (Å²) < 4.78 is 5.14. The summed E-state index contributed by atoms with van der Waals surface area (Å²) in [6.45, 7) is 1.87. The normalized spacial score (nSPS) is 16.3. The molecule has 2 rings (SSSR count). The average Bonchev–Trinajstić information content (AvgIpc) is 2.33. The van der Waals surface area contributed by atoms with Gasteiger partial charge in [-0.3, -0.25) is 4.79 Å². The maximum absolute atomic E-state index is 12.2. The van der Waals surface area contributed by atoms with Crippen LogP contribution in [-0.2, 0) is 4.79 Å². The Kier molecular flexibility index (Phi) is 3.46. The number of benzene rings is 1. The van der Waals surface area contributed by atoms with Gasteiger partial charge in [0.25, 0.3) is 5.91 Å². The zero-order valence-electron chi connectivity index (χ0n) is 11.0. The van der Waals surface area contributed by atoms with Crippen molar-refractivity contribution in [2.24, 2.45) is 0 Å². The predicted octanol–water partition coefficient (Wildman–Crippen LogP) is 1.74. The predicted molar refractivity (Wildman–Crippen MR) is 69.4 cm³/mol. The maximum Gasteiger partial charge on any atom is 0.329 e. The molecule has 0 aromatic heterocycles. The smallest absolute Gasteiger partial charge is 0.329 e. The number of hydrogen-bond donors (Lipinski definition) is 2. The zero-order valence-corrected chi connectivity index (χ0v) is 11.0. The van der Waals surface area contributed by atoms with Gasteiger partial charge in [-0.05, 0) is 38.3 Å². The Balaban J connectivity index is 2.25. The molecule has 1 saturated carbocycles. The van der Waals surface area contributed by atoms with Crippen LogP contribution in [0, 0.1) is 6.92 Å². The van der Waals surface area contributed by atoms with E-state index in [0.29, 0.717) is 24.2 Å². The van der Waals surface area contributed by atoms with Crippen LogP contribution in [0.5, 0.6) is 5.75 Å². The maximum atomic E-state index is 12.2. The highest BCUT2D eigenvalue weighted by Crippen LogP contribution is 2.33. The number of ether oxygens (including phenoxy) is 1. The molecule has 5 heteroatoms. The highest BCUT2D eigenvalue weighted by Gasteiger charge is 2.46. The molecule has 0 unspecified atom stereocenters. The number of amides is 1. The van der Waals surface area contributed by atoms with E-state index in [2.05, 4.69) is 5.32 Å². The lowest BCUT2D eigenvalue weighted by Gasteiger charge is -2.38. The minimum Gasteiger partial charge on any atom is -0.496 e. The molecule has 102 valence electrons. The largest absolute Gasteiger partial charge is 0.496 e. The number of carbonyl (C=O) groups is 2. The summed E-state index contributed by atoms with van der Waals surface area (Å²) in [6.07, 6.45) is 1.77. The van der Waals surface area contributed by atoms with Crippen LogP contribution in [0.1, 0.15) is 35.2 Å². The molecular formula is C14H17NO4. The van der Waals surface area contributed by atoms with Gasteiger partial charge < -0.3 is 15.2 Å². The molecule has 1 aromatic rings. The van der Waals surface area contributed by atoms with Crippen molar-refractivity contribution in [2.45, 2.75) is 31.7 Å². The molecule has 2 N–H and O–H groups in total. The second-order valence-electron chi connectivity index (χ2n) is 4.90. The number of hydrogen-bond acceptors (Lipinski definition) is 3. The van der Waals surface area contributed by atoms with Gasteiger partial charge in [0.2, 0.25) is 0 Å². The third kappa shape index (κ3) is 2.41. The Labute approximate surface area is 111 Å². The number of carboxylic acid groups (broad SMARTS) is 1. The van der Waals surface area contributed by atoms with Crippen molar-refractivity contribution in [1.29, 1.82) is 0 Å².